The van der Waals surface area contributed by atoms with Crippen molar-refractivity contribution in [3.8, 4) is 0 Å². The van der Waals surface area contributed by atoms with Crippen LogP contribution in [0.25, 0.3) is 0 Å². The number of aromatic nitrogens is 3. The summed E-state index contributed by atoms with van der Waals surface area (Å²) in [5, 5.41) is 7.51. The van der Waals surface area contributed by atoms with Gasteiger partial charge in [-0.15, -0.1) is 5.10 Å². The molecule has 3 aliphatic heterocycles. The lowest BCUT2D eigenvalue weighted by Gasteiger charge is -2.30. The molecule has 2 atom stereocenters. The third-order valence-corrected chi connectivity index (χ3v) is 7.88. The quantitative estimate of drug-likeness (QED) is 0.719. The fourth-order valence-electron chi connectivity index (χ4n) is 3.79. The van der Waals surface area contributed by atoms with Crippen LogP contribution in [-0.4, -0.2) is 77.2 Å². The van der Waals surface area contributed by atoms with Crippen molar-refractivity contribution in [3.05, 3.63) is 11.9 Å². The molecule has 0 N–H and O–H groups in total. The van der Waals surface area contributed by atoms with Crippen molar-refractivity contribution < 1.29 is 31.1 Å². The maximum atomic E-state index is 13.6. The van der Waals surface area contributed by atoms with Gasteiger partial charge in [-0.3, -0.25) is 4.79 Å². The lowest BCUT2D eigenvalue weighted by atomic mass is 9.93. The van der Waals surface area contributed by atoms with Crippen molar-refractivity contribution in [1.29, 1.82) is 0 Å². The van der Waals surface area contributed by atoms with Crippen LogP contribution >= 0.6 is 0 Å². The Kier molecular flexibility index (Phi) is 3.46. The monoisotopic (exact) mass is 380 g/mol. The van der Waals surface area contributed by atoms with Gasteiger partial charge in [-0.25, -0.2) is 13.1 Å². The molecule has 0 aliphatic carbocycles. The molecule has 3 saturated heterocycles. The molecule has 3 fully saturated rings. The molecule has 3 aliphatic rings. The second-order valence-electron chi connectivity index (χ2n) is 6.65. The number of fused-ring (bicyclic) bond motifs is 1. The van der Waals surface area contributed by atoms with Gasteiger partial charge in [0.05, 0.1) is 25.2 Å². The number of likely N-dealkylation sites (tertiary alicyclic amines) is 1. The largest absolute Gasteiger partial charge is 0.410 e. The highest BCUT2D eigenvalue weighted by molar-refractivity contribution is 7.93. The molecule has 25 heavy (non-hydrogen) atoms. The second-order valence-corrected chi connectivity index (χ2v) is 9.02. The minimum absolute atomic E-state index is 0.0473. The number of hydrogen-bond acceptors (Lipinski definition) is 6. The standard InChI is InChI=1S/C13H15F3N4O4S/c14-13(15,16)12-7-19(3-8(12)1-2-25(12,22)23)11(21)10-4-20(18-17-10)9-5-24-6-9/h4,8-9H,1-3,5-7H2/t8-,12+/m1/s1. The number of ether oxygens (including phenoxy) is 1. The number of halogens is 3. The van der Waals surface area contributed by atoms with Gasteiger partial charge in [0.15, 0.2) is 20.3 Å². The molecule has 1 aromatic heterocycles. The molecule has 0 radical (unpaired) electrons. The maximum Gasteiger partial charge on any atom is 0.410 e. The molecule has 0 spiro atoms. The number of sulfone groups is 1. The van der Waals surface area contributed by atoms with Crippen LogP contribution in [-0.2, 0) is 14.6 Å². The predicted octanol–water partition coefficient (Wildman–Crippen LogP) is 0.0410. The van der Waals surface area contributed by atoms with Crippen LogP contribution in [0.4, 0.5) is 13.2 Å². The molecule has 8 nitrogen and oxygen atoms in total. The van der Waals surface area contributed by atoms with E-state index in [2.05, 4.69) is 10.3 Å². The van der Waals surface area contributed by atoms with E-state index in [-0.39, 0.29) is 24.7 Å². The van der Waals surface area contributed by atoms with E-state index in [1.165, 1.54) is 10.9 Å². The highest BCUT2D eigenvalue weighted by atomic mass is 32.2. The molecule has 1 aromatic rings. The molecule has 1 amide bonds. The van der Waals surface area contributed by atoms with Gasteiger partial charge in [0.2, 0.25) is 0 Å². The highest BCUT2D eigenvalue weighted by Crippen LogP contribution is 2.53. The Balaban J connectivity index is 1.61. The van der Waals surface area contributed by atoms with Gasteiger partial charge in [-0.05, 0) is 6.42 Å². The van der Waals surface area contributed by atoms with E-state index in [1.54, 1.807) is 0 Å². The maximum absolute atomic E-state index is 13.6. The smallest absolute Gasteiger partial charge is 0.377 e. The Morgan fingerprint density at radius 2 is 2.08 bits per heavy atom. The SMILES string of the molecule is O=C(c1cn(C2COC2)nn1)N1C[C@H]2CCS(=O)(=O)[C@@]2(C(F)(F)F)C1. The average molecular weight is 380 g/mol. The van der Waals surface area contributed by atoms with E-state index in [0.29, 0.717) is 13.2 Å². The summed E-state index contributed by atoms with van der Waals surface area (Å²) in [7, 11) is -4.37. The predicted molar refractivity (Wildman–Crippen MR) is 76.5 cm³/mol. The van der Waals surface area contributed by atoms with Crippen molar-refractivity contribution in [1.82, 2.24) is 19.9 Å². The molecule has 4 heterocycles. The van der Waals surface area contributed by atoms with E-state index < -0.39 is 44.9 Å². The first-order valence-corrected chi connectivity index (χ1v) is 9.39. The summed E-state index contributed by atoms with van der Waals surface area (Å²) < 4.78 is 68.8. The molecule has 0 bridgehead atoms. The number of amides is 1. The molecule has 0 saturated carbocycles. The average Bonchev–Trinajstić information content (AvgIpc) is 3.11. The topological polar surface area (TPSA) is 94.4 Å². The summed E-state index contributed by atoms with van der Waals surface area (Å²) in [6, 6.07) is -0.0473. The van der Waals surface area contributed by atoms with Crippen molar-refractivity contribution in [3.63, 3.8) is 0 Å². The van der Waals surface area contributed by atoms with Crippen LogP contribution in [0, 0.1) is 5.92 Å². The number of carbonyl (C=O) groups is 1. The van der Waals surface area contributed by atoms with E-state index >= 15 is 0 Å². The van der Waals surface area contributed by atoms with E-state index in [4.69, 9.17) is 4.74 Å². The number of hydrogen-bond donors (Lipinski definition) is 0. The fraction of sp³-hybridized carbons (Fsp3) is 0.769. The van der Waals surface area contributed by atoms with Crippen LogP contribution < -0.4 is 0 Å². The van der Waals surface area contributed by atoms with E-state index in [0.717, 1.165) is 4.90 Å². The van der Waals surface area contributed by atoms with Gasteiger partial charge in [0.1, 0.15) is 6.04 Å². The first kappa shape index (κ1) is 16.8. The van der Waals surface area contributed by atoms with Crippen molar-refractivity contribution >= 4 is 15.7 Å². The van der Waals surface area contributed by atoms with Crippen molar-refractivity contribution in [2.24, 2.45) is 5.92 Å². The number of rotatable bonds is 2. The molecular formula is C13H15F3N4O4S. The van der Waals surface area contributed by atoms with Crippen molar-refractivity contribution in [2.75, 3.05) is 32.1 Å². The van der Waals surface area contributed by atoms with Gasteiger partial charge in [0, 0.05) is 19.0 Å². The van der Waals surface area contributed by atoms with Crippen LogP contribution in [0.3, 0.4) is 0 Å². The first-order chi connectivity index (χ1) is 11.7. The number of nitrogens with zero attached hydrogens (tertiary/aromatic N) is 4. The Bertz CT molecular complexity index is 819. The second kappa shape index (κ2) is 5.16. The Morgan fingerprint density at radius 1 is 1.36 bits per heavy atom. The first-order valence-electron chi connectivity index (χ1n) is 7.73. The zero-order valence-corrected chi connectivity index (χ0v) is 13.8. The molecule has 0 unspecified atom stereocenters. The van der Waals surface area contributed by atoms with Gasteiger partial charge < -0.3 is 9.64 Å². The highest BCUT2D eigenvalue weighted by Gasteiger charge is 2.73. The molecule has 12 heteroatoms. The normalized spacial score (nSPS) is 31.8. The molecule has 138 valence electrons. The van der Waals surface area contributed by atoms with Gasteiger partial charge in [-0.1, -0.05) is 5.21 Å². The number of carbonyl (C=O) groups excluding carboxylic acids is 1. The van der Waals surface area contributed by atoms with Gasteiger partial charge in [-0.2, -0.15) is 13.2 Å². The Morgan fingerprint density at radius 3 is 2.64 bits per heavy atom. The minimum Gasteiger partial charge on any atom is -0.377 e. The summed E-state index contributed by atoms with van der Waals surface area (Å²) >= 11 is 0. The molecule has 0 aromatic carbocycles. The summed E-state index contributed by atoms with van der Waals surface area (Å²) in [5.41, 5.74) is -0.0957. The van der Waals surface area contributed by atoms with E-state index in [1.807, 2.05) is 0 Å². The van der Waals surface area contributed by atoms with Crippen LogP contribution in [0.15, 0.2) is 6.20 Å². The minimum atomic E-state index is -4.93. The molecule has 4 rings (SSSR count). The van der Waals surface area contributed by atoms with Crippen LogP contribution in [0.5, 0.6) is 0 Å². The van der Waals surface area contributed by atoms with Gasteiger partial charge >= 0.3 is 6.18 Å². The zero-order valence-electron chi connectivity index (χ0n) is 12.9. The summed E-state index contributed by atoms with van der Waals surface area (Å²) in [4.78, 5) is 13.4. The lowest BCUT2D eigenvalue weighted by Crippen LogP contribution is -2.54. The Hall–Kier alpha value is -1.69. The fourth-order valence-corrected chi connectivity index (χ4v) is 6.15. The summed E-state index contributed by atoms with van der Waals surface area (Å²) in [5.74, 6) is -2.38. The van der Waals surface area contributed by atoms with Crippen LogP contribution in [0.1, 0.15) is 23.0 Å². The van der Waals surface area contributed by atoms with Crippen molar-refractivity contribution in [2.45, 2.75) is 23.4 Å². The third kappa shape index (κ3) is 2.23. The zero-order chi connectivity index (χ0) is 18.0. The Labute approximate surface area is 140 Å². The summed E-state index contributed by atoms with van der Waals surface area (Å²) in [6.45, 7) is -0.283. The van der Waals surface area contributed by atoms with Crippen LogP contribution in [0.2, 0.25) is 0 Å². The van der Waals surface area contributed by atoms with E-state index in [9.17, 15) is 26.4 Å². The number of alkyl halides is 3. The summed E-state index contributed by atoms with van der Waals surface area (Å²) in [6.07, 6.45) is -3.67. The third-order valence-electron chi connectivity index (χ3n) is 5.31. The molecular weight excluding hydrogens is 365 g/mol. The lowest BCUT2D eigenvalue weighted by molar-refractivity contribution is -0.164. The van der Waals surface area contributed by atoms with Gasteiger partial charge in [0.25, 0.3) is 5.91 Å².